The Morgan fingerprint density at radius 1 is 1.07 bits per heavy atom. The molecule has 0 amide bonds. The van der Waals surface area contributed by atoms with Crippen molar-refractivity contribution in [1.82, 2.24) is 0 Å². The van der Waals surface area contributed by atoms with Crippen LogP contribution >= 0.6 is 0 Å². The number of cyclic esters (lactones) is 1. The van der Waals surface area contributed by atoms with Gasteiger partial charge in [-0.15, -0.1) is 0 Å². The molecule has 0 aromatic rings. The van der Waals surface area contributed by atoms with Crippen molar-refractivity contribution >= 4 is 5.97 Å². The minimum absolute atomic E-state index is 0.170. The minimum atomic E-state index is -0.906. The topological polar surface area (TPSA) is 87.0 Å². The predicted octanol–water partition coefficient (Wildman–Crippen LogP) is 2.58. The van der Waals surface area contributed by atoms with E-state index in [4.69, 9.17) is 4.74 Å². The largest absolute Gasteiger partial charge is 0.458 e. The fraction of sp³-hybridized carbons (Fsp3) is 0.870. The molecule has 5 heteroatoms. The second kappa shape index (κ2) is 6.05. The fourth-order valence-electron chi connectivity index (χ4n) is 8.47. The molecule has 5 aliphatic rings. The van der Waals surface area contributed by atoms with Crippen molar-refractivity contribution in [2.75, 3.05) is 6.61 Å². The van der Waals surface area contributed by atoms with Crippen molar-refractivity contribution in [3.8, 4) is 0 Å². The summed E-state index contributed by atoms with van der Waals surface area (Å²) in [5.74, 6) is 0.627. The number of hydrogen-bond donors (Lipinski definition) is 3. The van der Waals surface area contributed by atoms with E-state index in [1.54, 1.807) is 0 Å². The molecule has 3 N–H and O–H groups in total. The van der Waals surface area contributed by atoms with Crippen LogP contribution < -0.4 is 0 Å². The molecular formula is C23H34O5. The van der Waals surface area contributed by atoms with Gasteiger partial charge in [0.05, 0.1) is 17.8 Å². The van der Waals surface area contributed by atoms with Gasteiger partial charge in [-0.2, -0.15) is 0 Å². The van der Waals surface area contributed by atoms with E-state index in [1.165, 1.54) is 6.08 Å². The molecule has 9 atom stereocenters. The molecule has 0 unspecified atom stereocenters. The summed E-state index contributed by atoms with van der Waals surface area (Å²) < 4.78 is 5.14. The van der Waals surface area contributed by atoms with Crippen molar-refractivity contribution in [2.45, 2.75) is 83.0 Å². The maximum absolute atomic E-state index is 12.1. The summed E-state index contributed by atoms with van der Waals surface area (Å²) in [5.41, 5.74) is -0.301. The molecule has 0 spiro atoms. The maximum atomic E-state index is 12.1. The summed E-state index contributed by atoms with van der Waals surface area (Å²) in [7, 11) is 0. The molecule has 1 aliphatic heterocycles. The highest BCUT2D eigenvalue weighted by Gasteiger charge is 2.70. The van der Waals surface area contributed by atoms with Crippen molar-refractivity contribution in [2.24, 2.45) is 34.5 Å². The van der Waals surface area contributed by atoms with Gasteiger partial charge in [0.2, 0.25) is 0 Å². The van der Waals surface area contributed by atoms with Gasteiger partial charge in [0.25, 0.3) is 0 Å². The zero-order valence-electron chi connectivity index (χ0n) is 17.1. The highest BCUT2D eigenvalue weighted by atomic mass is 16.5. The van der Waals surface area contributed by atoms with E-state index >= 15 is 0 Å². The third-order valence-corrected chi connectivity index (χ3v) is 9.92. The molecule has 0 aromatic heterocycles. The summed E-state index contributed by atoms with van der Waals surface area (Å²) >= 11 is 0. The van der Waals surface area contributed by atoms with Crippen LogP contribution in [0.1, 0.15) is 65.2 Å². The van der Waals surface area contributed by atoms with E-state index in [1.807, 2.05) is 0 Å². The van der Waals surface area contributed by atoms with Crippen LogP contribution in [0.5, 0.6) is 0 Å². The highest BCUT2D eigenvalue weighted by Crippen LogP contribution is 2.69. The van der Waals surface area contributed by atoms with Crippen LogP contribution in [0.4, 0.5) is 0 Å². The first-order valence-corrected chi connectivity index (χ1v) is 11.1. The quantitative estimate of drug-likeness (QED) is 0.599. The maximum Gasteiger partial charge on any atom is 0.331 e. The van der Waals surface area contributed by atoms with Crippen LogP contribution in [0.2, 0.25) is 0 Å². The Hall–Kier alpha value is -0.910. The Kier molecular flexibility index (Phi) is 4.12. The zero-order valence-corrected chi connectivity index (χ0v) is 17.1. The second-order valence-corrected chi connectivity index (χ2v) is 10.9. The Balaban J connectivity index is 1.50. The van der Waals surface area contributed by atoms with Crippen molar-refractivity contribution in [1.29, 1.82) is 0 Å². The van der Waals surface area contributed by atoms with Gasteiger partial charge in [-0.3, -0.25) is 0 Å². The Morgan fingerprint density at radius 2 is 1.86 bits per heavy atom. The Bertz CT molecular complexity index is 718. The summed E-state index contributed by atoms with van der Waals surface area (Å²) in [4.78, 5) is 11.7. The number of carbonyl (C=O) groups is 1. The number of hydrogen-bond acceptors (Lipinski definition) is 5. The number of rotatable bonds is 1. The fourth-order valence-corrected chi connectivity index (χ4v) is 8.47. The number of aliphatic hydroxyl groups is 3. The van der Waals surface area contributed by atoms with E-state index in [0.29, 0.717) is 18.3 Å². The zero-order chi connectivity index (χ0) is 19.9. The molecular weight excluding hydrogens is 356 g/mol. The van der Waals surface area contributed by atoms with Crippen molar-refractivity contribution in [3.05, 3.63) is 11.6 Å². The lowest BCUT2D eigenvalue weighted by Crippen LogP contribution is -2.62. The third kappa shape index (κ3) is 2.33. The van der Waals surface area contributed by atoms with Gasteiger partial charge in [0.1, 0.15) is 6.61 Å². The molecule has 0 saturated heterocycles. The molecule has 5 nitrogen and oxygen atoms in total. The molecule has 4 fully saturated rings. The second-order valence-electron chi connectivity index (χ2n) is 10.9. The molecule has 28 heavy (non-hydrogen) atoms. The first-order valence-electron chi connectivity index (χ1n) is 11.1. The van der Waals surface area contributed by atoms with Crippen LogP contribution in [0.25, 0.3) is 0 Å². The standard InChI is InChI=1S/C23H34O5/c1-21-7-5-15(24)10-14(21)3-4-17-16(21)6-8-22(2)20(13-9-19(26)28-12-13)18(25)11-23(17,22)27/h9,14-18,20,24-25,27H,3-8,10-12H2,1-2H3/t14-,15-,16+,17-,18+,20+,21-,22+,23-/m0/s1. The Morgan fingerprint density at radius 3 is 2.57 bits per heavy atom. The van der Waals surface area contributed by atoms with Gasteiger partial charge in [0.15, 0.2) is 0 Å². The minimum Gasteiger partial charge on any atom is -0.458 e. The molecule has 4 aliphatic carbocycles. The van der Waals surface area contributed by atoms with Gasteiger partial charge >= 0.3 is 5.97 Å². The van der Waals surface area contributed by atoms with E-state index in [2.05, 4.69) is 13.8 Å². The number of aliphatic hydroxyl groups excluding tert-OH is 2. The third-order valence-electron chi connectivity index (χ3n) is 9.92. The molecule has 156 valence electrons. The predicted molar refractivity (Wildman–Crippen MR) is 103 cm³/mol. The van der Waals surface area contributed by atoms with E-state index in [9.17, 15) is 20.1 Å². The average molecular weight is 391 g/mol. The van der Waals surface area contributed by atoms with Gasteiger partial charge < -0.3 is 20.1 Å². The van der Waals surface area contributed by atoms with Crippen LogP contribution in [0.3, 0.4) is 0 Å². The summed E-state index contributed by atoms with van der Waals surface area (Å²) in [6.45, 7) is 4.77. The SMILES string of the molecule is C[C@]12CC[C@H](O)C[C@@H]1CC[C@H]1[C@H]2CC[C@]2(C)[C@H](C3=CC(=O)OC3)[C@H](O)C[C@]12O. The monoisotopic (exact) mass is 390 g/mol. The molecule has 5 rings (SSSR count). The van der Waals surface area contributed by atoms with Gasteiger partial charge in [0, 0.05) is 23.8 Å². The van der Waals surface area contributed by atoms with Crippen molar-refractivity contribution < 1.29 is 24.9 Å². The van der Waals surface area contributed by atoms with Crippen LogP contribution in [-0.2, 0) is 9.53 Å². The number of carbonyl (C=O) groups excluding carboxylic acids is 1. The smallest absolute Gasteiger partial charge is 0.331 e. The first-order chi connectivity index (χ1) is 13.2. The molecule has 0 radical (unpaired) electrons. The molecule has 0 aromatic carbocycles. The lowest BCUT2D eigenvalue weighted by molar-refractivity contribution is -0.208. The number of ether oxygens (including phenoxy) is 1. The van der Waals surface area contributed by atoms with Gasteiger partial charge in [-0.25, -0.2) is 4.79 Å². The van der Waals surface area contributed by atoms with E-state index < -0.39 is 17.1 Å². The number of fused-ring (bicyclic) bond motifs is 5. The molecule has 1 heterocycles. The summed E-state index contributed by atoms with van der Waals surface area (Å²) in [6.07, 6.45) is 7.87. The number of esters is 1. The van der Waals surface area contributed by atoms with Crippen LogP contribution in [-0.4, -0.2) is 45.7 Å². The van der Waals surface area contributed by atoms with Crippen molar-refractivity contribution in [3.63, 3.8) is 0 Å². The average Bonchev–Trinajstić information content (AvgIpc) is 3.13. The lowest BCUT2D eigenvalue weighted by Gasteiger charge is -2.63. The summed E-state index contributed by atoms with van der Waals surface area (Å²) in [5, 5.41) is 33.3. The van der Waals surface area contributed by atoms with Gasteiger partial charge in [-0.1, -0.05) is 13.8 Å². The van der Waals surface area contributed by atoms with Gasteiger partial charge in [-0.05, 0) is 73.7 Å². The Labute approximate surface area is 167 Å². The molecule has 4 saturated carbocycles. The van der Waals surface area contributed by atoms with E-state index in [0.717, 1.165) is 50.5 Å². The van der Waals surface area contributed by atoms with Crippen LogP contribution in [0, 0.1) is 34.5 Å². The lowest BCUT2D eigenvalue weighted by atomic mass is 9.43. The highest BCUT2D eigenvalue weighted by molar-refractivity contribution is 5.85. The van der Waals surface area contributed by atoms with Crippen LogP contribution in [0.15, 0.2) is 11.6 Å². The van der Waals surface area contributed by atoms with E-state index in [-0.39, 0.29) is 35.9 Å². The first kappa shape index (κ1) is 19.1. The summed E-state index contributed by atoms with van der Waals surface area (Å²) in [6, 6.07) is 0. The molecule has 0 bridgehead atoms. The normalized spacial score (nSPS) is 55.8.